The van der Waals surface area contributed by atoms with Gasteiger partial charge in [0.15, 0.2) is 0 Å². The first-order valence-corrected chi connectivity index (χ1v) is 10.5. The fraction of sp³-hybridized carbons (Fsp3) is 0.250. The van der Waals surface area contributed by atoms with Crippen molar-refractivity contribution in [2.75, 3.05) is 6.54 Å². The van der Waals surface area contributed by atoms with Gasteiger partial charge in [0.1, 0.15) is 6.54 Å². The fourth-order valence-corrected chi connectivity index (χ4v) is 3.17. The van der Waals surface area contributed by atoms with Crippen LogP contribution in [0, 0.1) is 0 Å². The van der Waals surface area contributed by atoms with Crippen LogP contribution in [-0.4, -0.2) is 27.5 Å². The Kier molecular flexibility index (Phi) is 7.75. The fourth-order valence-electron chi connectivity index (χ4n) is 3.17. The van der Waals surface area contributed by atoms with Crippen LogP contribution in [0.25, 0.3) is 0 Å². The number of carbonyl (C=O) groups is 2. The zero-order valence-electron chi connectivity index (χ0n) is 17.9. The molecular weight excluding hydrogens is 408 g/mol. The molecule has 0 saturated heterocycles. The summed E-state index contributed by atoms with van der Waals surface area (Å²) in [5.74, 6) is -0.641. The van der Waals surface area contributed by atoms with Crippen LogP contribution < -0.4 is 21.9 Å². The normalized spacial score (nSPS) is 10.5. The van der Waals surface area contributed by atoms with E-state index in [2.05, 4.69) is 10.6 Å². The van der Waals surface area contributed by atoms with Crippen LogP contribution in [0.1, 0.15) is 34.8 Å². The van der Waals surface area contributed by atoms with Crippen molar-refractivity contribution >= 4 is 11.8 Å². The van der Waals surface area contributed by atoms with Gasteiger partial charge in [0.2, 0.25) is 5.91 Å². The third-order valence-corrected chi connectivity index (χ3v) is 4.85. The molecule has 0 unspecified atom stereocenters. The Morgan fingerprint density at radius 2 is 1.66 bits per heavy atom. The van der Waals surface area contributed by atoms with E-state index in [4.69, 9.17) is 0 Å². The average Bonchev–Trinajstić information content (AvgIpc) is 2.81. The van der Waals surface area contributed by atoms with Crippen LogP contribution in [0.5, 0.6) is 0 Å². The predicted octanol–water partition coefficient (Wildman–Crippen LogP) is 1.51. The molecule has 8 heteroatoms. The van der Waals surface area contributed by atoms with Gasteiger partial charge >= 0.3 is 5.69 Å². The standard InChI is InChI=1S/C24H26N4O4/c1-2-12-25-23(31)20-10-6-9-19(14-20)15-26-21(29)17-28-22(30)11-13-27(24(28)32)16-18-7-4-3-5-8-18/h3-11,13-14H,2,12,15-17H2,1H3,(H,25,31)(H,26,29). The van der Waals surface area contributed by atoms with E-state index in [1.54, 1.807) is 24.3 Å². The van der Waals surface area contributed by atoms with Crippen molar-refractivity contribution in [1.82, 2.24) is 19.8 Å². The Hall–Kier alpha value is -3.94. The van der Waals surface area contributed by atoms with Crippen molar-refractivity contribution in [3.8, 4) is 0 Å². The number of hydrogen-bond donors (Lipinski definition) is 2. The van der Waals surface area contributed by atoms with E-state index in [0.717, 1.165) is 22.1 Å². The van der Waals surface area contributed by atoms with Gasteiger partial charge < -0.3 is 10.6 Å². The van der Waals surface area contributed by atoms with Gasteiger partial charge in [-0.1, -0.05) is 49.4 Å². The highest BCUT2D eigenvalue weighted by molar-refractivity contribution is 5.94. The highest BCUT2D eigenvalue weighted by Gasteiger charge is 2.11. The minimum atomic E-state index is -0.550. The van der Waals surface area contributed by atoms with Gasteiger partial charge in [-0.25, -0.2) is 4.79 Å². The Bertz CT molecular complexity index is 1200. The minimum Gasteiger partial charge on any atom is -0.352 e. The first-order valence-electron chi connectivity index (χ1n) is 10.5. The van der Waals surface area contributed by atoms with E-state index in [1.165, 1.54) is 16.8 Å². The smallest absolute Gasteiger partial charge is 0.331 e. The van der Waals surface area contributed by atoms with Gasteiger partial charge in [-0.05, 0) is 29.7 Å². The van der Waals surface area contributed by atoms with Crippen LogP contribution >= 0.6 is 0 Å². The van der Waals surface area contributed by atoms with Crippen molar-refractivity contribution in [2.45, 2.75) is 33.0 Å². The zero-order chi connectivity index (χ0) is 22.9. The first kappa shape index (κ1) is 22.7. The molecule has 2 aromatic carbocycles. The lowest BCUT2D eigenvalue weighted by molar-refractivity contribution is -0.121. The molecule has 0 fully saturated rings. The van der Waals surface area contributed by atoms with Crippen molar-refractivity contribution < 1.29 is 9.59 Å². The molecule has 2 N–H and O–H groups in total. The summed E-state index contributed by atoms with van der Waals surface area (Å²) in [6.07, 6.45) is 2.27. The lowest BCUT2D eigenvalue weighted by atomic mass is 10.1. The number of rotatable bonds is 9. The third kappa shape index (κ3) is 6.04. The number of nitrogens with zero attached hydrogens (tertiary/aromatic N) is 2. The number of amides is 2. The first-order chi connectivity index (χ1) is 15.5. The largest absolute Gasteiger partial charge is 0.352 e. The number of aromatic nitrogens is 2. The number of carbonyl (C=O) groups excluding carboxylic acids is 2. The van der Waals surface area contributed by atoms with Gasteiger partial charge in [0.05, 0.1) is 6.54 Å². The highest BCUT2D eigenvalue weighted by Crippen LogP contribution is 2.05. The molecular formula is C24H26N4O4. The molecule has 0 spiro atoms. The molecule has 3 aromatic rings. The summed E-state index contributed by atoms with van der Waals surface area (Å²) in [6.45, 7) is 2.65. The summed E-state index contributed by atoms with van der Waals surface area (Å²) in [4.78, 5) is 49.4. The third-order valence-electron chi connectivity index (χ3n) is 4.85. The van der Waals surface area contributed by atoms with E-state index >= 15 is 0 Å². The average molecular weight is 434 g/mol. The lowest BCUT2D eigenvalue weighted by Crippen LogP contribution is -2.43. The molecule has 0 atom stereocenters. The molecule has 8 nitrogen and oxygen atoms in total. The molecule has 0 bridgehead atoms. The molecule has 1 aromatic heterocycles. The van der Waals surface area contributed by atoms with Crippen LogP contribution in [-0.2, 0) is 24.4 Å². The van der Waals surface area contributed by atoms with Crippen molar-refractivity contribution in [1.29, 1.82) is 0 Å². The van der Waals surface area contributed by atoms with Crippen LogP contribution in [0.2, 0.25) is 0 Å². The van der Waals surface area contributed by atoms with E-state index in [0.29, 0.717) is 18.7 Å². The quantitative estimate of drug-likeness (QED) is 0.533. The Labute approximate surface area is 185 Å². The second-order valence-electron chi connectivity index (χ2n) is 7.37. The second-order valence-corrected chi connectivity index (χ2v) is 7.37. The number of hydrogen-bond acceptors (Lipinski definition) is 4. The van der Waals surface area contributed by atoms with Crippen molar-refractivity contribution in [3.05, 3.63) is 104 Å². The Morgan fingerprint density at radius 3 is 2.41 bits per heavy atom. The molecule has 2 amide bonds. The molecule has 0 aliphatic rings. The summed E-state index contributed by atoms with van der Waals surface area (Å²) in [5.41, 5.74) is 1.07. The molecule has 0 aliphatic carbocycles. The van der Waals surface area contributed by atoms with Gasteiger partial charge in [0, 0.05) is 30.9 Å². The van der Waals surface area contributed by atoms with Gasteiger partial charge in [-0.15, -0.1) is 0 Å². The Morgan fingerprint density at radius 1 is 0.906 bits per heavy atom. The number of benzene rings is 2. The van der Waals surface area contributed by atoms with Crippen molar-refractivity contribution in [3.63, 3.8) is 0 Å². The van der Waals surface area contributed by atoms with Crippen LogP contribution in [0.4, 0.5) is 0 Å². The summed E-state index contributed by atoms with van der Waals surface area (Å²) in [5, 5.41) is 5.51. The van der Waals surface area contributed by atoms with Crippen LogP contribution in [0.3, 0.4) is 0 Å². The van der Waals surface area contributed by atoms with Gasteiger partial charge in [-0.2, -0.15) is 0 Å². The predicted molar refractivity (Wildman–Crippen MR) is 121 cm³/mol. The molecule has 3 rings (SSSR count). The maximum absolute atomic E-state index is 12.7. The van der Waals surface area contributed by atoms with E-state index < -0.39 is 17.2 Å². The Balaban J connectivity index is 1.65. The zero-order valence-corrected chi connectivity index (χ0v) is 17.9. The maximum atomic E-state index is 12.7. The summed E-state index contributed by atoms with van der Waals surface area (Å²) < 4.78 is 2.30. The van der Waals surface area contributed by atoms with Crippen LogP contribution in [0.15, 0.2) is 76.4 Å². The van der Waals surface area contributed by atoms with E-state index in [1.807, 2.05) is 37.3 Å². The number of nitrogens with one attached hydrogen (secondary N) is 2. The molecule has 166 valence electrons. The van der Waals surface area contributed by atoms with Crippen molar-refractivity contribution in [2.24, 2.45) is 0 Å². The molecule has 1 heterocycles. The molecule has 0 saturated carbocycles. The monoisotopic (exact) mass is 434 g/mol. The maximum Gasteiger partial charge on any atom is 0.331 e. The molecule has 0 aliphatic heterocycles. The SMILES string of the molecule is CCCNC(=O)c1cccc(CNC(=O)Cn2c(=O)ccn(Cc3ccccc3)c2=O)c1. The second kappa shape index (κ2) is 10.9. The summed E-state index contributed by atoms with van der Waals surface area (Å²) in [7, 11) is 0. The van der Waals surface area contributed by atoms with Gasteiger partial charge in [-0.3, -0.25) is 23.5 Å². The molecule has 32 heavy (non-hydrogen) atoms. The minimum absolute atomic E-state index is 0.171. The topological polar surface area (TPSA) is 102 Å². The van der Waals surface area contributed by atoms with Gasteiger partial charge in [0.25, 0.3) is 11.5 Å². The van der Waals surface area contributed by atoms with E-state index in [-0.39, 0.29) is 19.0 Å². The van der Waals surface area contributed by atoms with E-state index in [9.17, 15) is 19.2 Å². The summed E-state index contributed by atoms with van der Waals surface area (Å²) in [6, 6.07) is 17.6. The highest BCUT2D eigenvalue weighted by atomic mass is 16.2. The summed E-state index contributed by atoms with van der Waals surface area (Å²) >= 11 is 0. The molecule has 0 radical (unpaired) electrons. The lowest BCUT2D eigenvalue weighted by Gasteiger charge is -2.11.